The van der Waals surface area contributed by atoms with Crippen molar-refractivity contribution >= 4 is 17.6 Å². The lowest BCUT2D eigenvalue weighted by Crippen LogP contribution is -2.47. The van der Waals surface area contributed by atoms with Crippen molar-refractivity contribution in [3.05, 3.63) is 39.4 Å². The number of nitrogens with one attached hydrogen (secondary N) is 1. The van der Waals surface area contributed by atoms with E-state index in [1.807, 2.05) is 0 Å². The number of amides is 1. The molecule has 0 saturated heterocycles. The third-order valence-electron chi connectivity index (χ3n) is 2.51. The average Bonchev–Trinajstić information content (AvgIpc) is 2.37. The molecule has 1 rings (SSSR count). The predicted molar refractivity (Wildman–Crippen MR) is 63.6 cm³/mol. The van der Waals surface area contributed by atoms with Gasteiger partial charge in [0, 0.05) is 0 Å². The number of nitro benzene ring substituents is 1. The number of benzene rings is 1. The average molecular weight is 304 g/mol. The summed E-state index contributed by atoms with van der Waals surface area (Å²) in [6, 6.07) is -1.27. The zero-order valence-corrected chi connectivity index (χ0v) is 10.5. The molecule has 0 fully saturated rings. The number of halogens is 2. The van der Waals surface area contributed by atoms with Crippen LogP contribution in [-0.4, -0.2) is 39.2 Å². The van der Waals surface area contributed by atoms with Crippen molar-refractivity contribution in [3.63, 3.8) is 0 Å². The second-order valence-corrected chi connectivity index (χ2v) is 4.07. The van der Waals surface area contributed by atoms with E-state index in [0.717, 1.165) is 6.92 Å². The summed E-state index contributed by atoms with van der Waals surface area (Å²) in [5.41, 5.74) is -1.88. The maximum absolute atomic E-state index is 13.1. The normalized spacial score (nSPS) is 13.3. The van der Waals surface area contributed by atoms with Gasteiger partial charge in [-0.25, -0.2) is 13.6 Å². The molecule has 0 bridgehead atoms. The quantitative estimate of drug-likeness (QED) is 0.534. The molecule has 1 aromatic carbocycles. The fraction of sp³-hybridized carbons (Fsp3) is 0.273. The van der Waals surface area contributed by atoms with Crippen molar-refractivity contribution in [2.75, 3.05) is 0 Å². The van der Waals surface area contributed by atoms with Crippen LogP contribution in [0.25, 0.3) is 0 Å². The highest BCUT2D eigenvalue weighted by Gasteiger charge is 2.29. The largest absolute Gasteiger partial charge is 0.480 e. The van der Waals surface area contributed by atoms with Crippen LogP contribution in [0.3, 0.4) is 0 Å². The Morgan fingerprint density at radius 1 is 1.33 bits per heavy atom. The van der Waals surface area contributed by atoms with Crippen LogP contribution in [0.15, 0.2) is 12.1 Å². The van der Waals surface area contributed by atoms with E-state index < -0.39 is 51.8 Å². The first-order valence-corrected chi connectivity index (χ1v) is 5.50. The zero-order chi connectivity index (χ0) is 16.3. The third kappa shape index (κ3) is 3.69. The Labute approximate surface area is 116 Å². The van der Waals surface area contributed by atoms with E-state index in [9.17, 15) is 33.6 Å². The summed E-state index contributed by atoms with van der Waals surface area (Å²) in [4.78, 5) is 32.2. The van der Waals surface area contributed by atoms with Gasteiger partial charge in [-0.05, 0) is 13.0 Å². The first-order valence-electron chi connectivity index (χ1n) is 5.50. The van der Waals surface area contributed by atoms with Crippen molar-refractivity contribution in [1.82, 2.24) is 5.32 Å². The second kappa shape index (κ2) is 6.22. The molecule has 0 aliphatic carbocycles. The Balaban J connectivity index is 3.21. The van der Waals surface area contributed by atoms with E-state index in [-0.39, 0.29) is 12.1 Å². The highest BCUT2D eigenvalue weighted by Crippen LogP contribution is 2.22. The molecule has 2 unspecified atom stereocenters. The van der Waals surface area contributed by atoms with Crippen molar-refractivity contribution in [2.45, 2.75) is 19.1 Å². The van der Waals surface area contributed by atoms with Crippen LogP contribution < -0.4 is 5.32 Å². The molecule has 8 nitrogen and oxygen atoms in total. The summed E-state index contributed by atoms with van der Waals surface area (Å²) < 4.78 is 26.1. The van der Waals surface area contributed by atoms with Gasteiger partial charge in [0.15, 0.2) is 17.7 Å². The summed E-state index contributed by atoms with van der Waals surface area (Å²) >= 11 is 0. The van der Waals surface area contributed by atoms with E-state index in [4.69, 9.17) is 5.11 Å². The number of aliphatic carboxylic acids is 1. The van der Waals surface area contributed by atoms with Gasteiger partial charge in [-0.1, -0.05) is 0 Å². The van der Waals surface area contributed by atoms with Crippen LogP contribution in [0.1, 0.15) is 17.3 Å². The number of nitrogens with zero attached hydrogens (tertiary/aromatic N) is 1. The van der Waals surface area contributed by atoms with Gasteiger partial charge in [0.1, 0.15) is 5.56 Å². The molecule has 0 heterocycles. The Morgan fingerprint density at radius 3 is 2.29 bits per heavy atom. The number of carbonyl (C=O) groups excluding carboxylic acids is 1. The van der Waals surface area contributed by atoms with Gasteiger partial charge in [0.25, 0.3) is 11.6 Å². The number of hydrogen-bond acceptors (Lipinski definition) is 5. The van der Waals surface area contributed by atoms with E-state index in [1.165, 1.54) is 0 Å². The molecule has 0 saturated carbocycles. The Hall–Kier alpha value is -2.62. The number of aliphatic hydroxyl groups is 1. The molecule has 10 heteroatoms. The number of carboxylic acid groups (broad SMARTS) is 1. The summed E-state index contributed by atoms with van der Waals surface area (Å²) in [6.07, 6.45) is -1.50. The fourth-order valence-electron chi connectivity index (χ4n) is 1.48. The fourth-order valence-corrected chi connectivity index (χ4v) is 1.48. The maximum atomic E-state index is 13.1. The maximum Gasteiger partial charge on any atom is 0.328 e. The summed E-state index contributed by atoms with van der Waals surface area (Å²) in [6.45, 7) is 1.07. The first kappa shape index (κ1) is 16.4. The highest BCUT2D eigenvalue weighted by atomic mass is 19.2. The molecule has 3 N–H and O–H groups in total. The lowest BCUT2D eigenvalue weighted by molar-refractivity contribution is -0.385. The third-order valence-corrected chi connectivity index (χ3v) is 2.51. The molecule has 0 aliphatic rings. The Kier molecular flexibility index (Phi) is 4.87. The van der Waals surface area contributed by atoms with E-state index in [1.54, 1.807) is 5.32 Å². The SMILES string of the molecule is CC(O)C(NC(=O)c1cc(F)c(F)cc1[N+](=O)[O-])C(=O)O. The van der Waals surface area contributed by atoms with Gasteiger partial charge >= 0.3 is 5.97 Å². The van der Waals surface area contributed by atoms with Gasteiger partial charge in [-0.3, -0.25) is 14.9 Å². The van der Waals surface area contributed by atoms with Gasteiger partial charge in [0.05, 0.1) is 17.1 Å². The zero-order valence-electron chi connectivity index (χ0n) is 10.5. The molecule has 1 aromatic rings. The summed E-state index contributed by atoms with van der Waals surface area (Å²) in [7, 11) is 0. The molecular formula is C11H10F2N2O6. The smallest absolute Gasteiger partial charge is 0.328 e. The number of aliphatic hydroxyl groups excluding tert-OH is 1. The van der Waals surface area contributed by atoms with Crippen LogP contribution >= 0.6 is 0 Å². The molecular weight excluding hydrogens is 294 g/mol. The van der Waals surface area contributed by atoms with Gasteiger partial charge in [0.2, 0.25) is 0 Å². The van der Waals surface area contributed by atoms with Crippen LogP contribution in [0, 0.1) is 21.7 Å². The summed E-state index contributed by atoms with van der Waals surface area (Å²) in [5.74, 6) is -5.95. The molecule has 0 aromatic heterocycles. The van der Waals surface area contributed by atoms with Crippen molar-refractivity contribution in [2.24, 2.45) is 0 Å². The number of carboxylic acids is 1. The minimum absolute atomic E-state index is 0.211. The second-order valence-electron chi connectivity index (χ2n) is 4.07. The minimum atomic E-state index is -1.76. The van der Waals surface area contributed by atoms with Crippen LogP contribution in [-0.2, 0) is 4.79 Å². The molecule has 0 spiro atoms. The topological polar surface area (TPSA) is 130 Å². The van der Waals surface area contributed by atoms with Crippen molar-refractivity contribution in [3.8, 4) is 0 Å². The Bertz CT molecular complexity index is 605. The summed E-state index contributed by atoms with van der Waals surface area (Å²) in [5, 5.41) is 30.5. The van der Waals surface area contributed by atoms with Gasteiger partial charge < -0.3 is 15.5 Å². The lowest BCUT2D eigenvalue weighted by Gasteiger charge is -2.17. The van der Waals surface area contributed by atoms with Crippen molar-refractivity contribution < 1.29 is 33.5 Å². The lowest BCUT2D eigenvalue weighted by atomic mass is 10.1. The molecule has 21 heavy (non-hydrogen) atoms. The minimum Gasteiger partial charge on any atom is -0.480 e. The monoisotopic (exact) mass is 304 g/mol. The van der Waals surface area contributed by atoms with Crippen LogP contribution in [0.2, 0.25) is 0 Å². The number of carbonyl (C=O) groups is 2. The van der Waals surface area contributed by atoms with Gasteiger partial charge in [-0.15, -0.1) is 0 Å². The molecule has 2 atom stereocenters. The Morgan fingerprint density at radius 2 is 1.86 bits per heavy atom. The van der Waals surface area contributed by atoms with E-state index >= 15 is 0 Å². The number of nitro groups is 1. The van der Waals surface area contributed by atoms with Crippen LogP contribution in [0.5, 0.6) is 0 Å². The van der Waals surface area contributed by atoms with E-state index in [0.29, 0.717) is 0 Å². The number of hydrogen-bond donors (Lipinski definition) is 3. The molecule has 114 valence electrons. The molecule has 0 aliphatic heterocycles. The molecule has 0 radical (unpaired) electrons. The van der Waals surface area contributed by atoms with E-state index in [2.05, 4.69) is 0 Å². The number of rotatable bonds is 5. The van der Waals surface area contributed by atoms with Crippen LogP contribution in [0.4, 0.5) is 14.5 Å². The molecule has 1 amide bonds. The first-order chi connectivity index (χ1) is 9.65. The van der Waals surface area contributed by atoms with Crippen molar-refractivity contribution in [1.29, 1.82) is 0 Å². The standard InChI is InChI=1S/C11H10F2N2O6/c1-4(16)9(11(18)19)14-10(17)5-2-6(12)7(13)3-8(5)15(20)21/h2-4,9,16H,1H3,(H,14,17)(H,18,19). The highest BCUT2D eigenvalue weighted by molar-refractivity contribution is 6.00. The van der Waals surface area contributed by atoms with Gasteiger partial charge in [-0.2, -0.15) is 0 Å². The predicted octanol–water partition coefficient (Wildman–Crippen LogP) is 0.437.